The van der Waals surface area contributed by atoms with Crippen molar-refractivity contribution in [2.45, 2.75) is 6.54 Å². The highest BCUT2D eigenvalue weighted by molar-refractivity contribution is 8.18. The van der Waals surface area contributed by atoms with Crippen molar-refractivity contribution >= 4 is 52.2 Å². The molecule has 0 aliphatic carbocycles. The number of thioether (sulfide) groups is 1. The fourth-order valence-corrected chi connectivity index (χ4v) is 4.84. The maximum absolute atomic E-state index is 13.4. The Kier molecular flexibility index (Phi) is 6.75. The van der Waals surface area contributed by atoms with Crippen molar-refractivity contribution in [2.24, 2.45) is 4.99 Å². The molecule has 1 aromatic heterocycles. The van der Waals surface area contributed by atoms with Crippen LogP contribution in [0.4, 0.5) is 5.69 Å². The Morgan fingerprint density at radius 1 is 1.00 bits per heavy atom. The van der Waals surface area contributed by atoms with Gasteiger partial charge in [0, 0.05) is 16.7 Å². The second-order valence-corrected chi connectivity index (χ2v) is 9.40. The van der Waals surface area contributed by atoms with Crippen molar-refractivity contribution in [1.29, 1.82) is 0 Å². The van der Waals surface area contributed by atoms with Gasteiger partial charge in [0.25, 0.3) is 5.91 Å². The number of halogens is 1. The van der Waals surface area contributed by atoms with Gasteiger partial charge in [0.15, 0.2) is 5.17 Å². The Hall–Kier alpha value is -4.07. The SMILES string of the molecule is O=C(O)c1cccc(N=C2S/C(=C\c3ccc(-c4cccc(Cl)c4)o3)C(=O)N2Cc2ccccc2)c1. The maximum atomic E-state index is 13.4. The number of hydrogen-bond acceptors (Lipinski definition) is 5. The number of hydrogen-bond donors (Lipinski definition) is 1. The maximum Gasteiger partial charge on any atom is 0.335 e. The summed E-state index contributed by atoms with van der Waals surface area (Å²) in [5.74, 6) is -0.0881. The van der Waals surface area contributed by atoms with Crippen molar-refractivity contribution in [2.75, 3.05) is 0 Å². The minimum absolute atomic E-state index is 0.126. The van der Waals surface area contributed by atoms with E-state index >= 15 is 0 Å². The molecule has 0 atom stereocenters. The molecule has 1 amide bonds. The Bertz CT molecular complexity index is 1510. The second kappa shape index (κ2) is 10.3. The highest BCUT2D eigenvalue weighted by Gasteiger charge is 2.34. The summed E-state index contributed by atoms with van der Waals surface area (Å²) in [6.45, 7) is 0.327. The van der Waals surface area contributed by atoms with Crippen molar-refractivity contribution < 1.29 is 19.1 Å². The molecule has 0 unspecified atom stereocenters. The van der Waals surface area contributed by atoms with Gasteiger partial charge in [0.2, 0.25) is 0 Å². The van der Waals surface area contributed by atoms with Gasteiger partial charge in [-0.2, -0.15) is 0 Å². The average molecular weight is 515 g/mol. The van der Waals surface area contributed by atoms with Gasteiger partial charge in [-0.25, -0.2) is 9.79 Å². The number of carboxylic acids is 1. The Labute approximate surface area is 216 Å². The quantitative estimate of drug-likeness (QED) is 0.277. The van der Waals surface area contributed by atoms with E-state index in [1.165, 1.54) is 23.9 Å². The number of carboxylic acid groups (broad SMARTS) is 1. The number of amides is 1. The molecule has 4 aromatic rings. The summed E-state index contributed by atoms with van der Waals surface area (Å²) in [6, 6.07) is 26.9. The van der Waals surface area contributed by atoms with Crippen LogP contribution in [0.25, 0.3) is 17.4 Å². The number of amidine groups is 1. The number of aromatic carboxylic acids is 1. The normalized spacial score (nSPS) is 15.7. The van der Waals surface area contributed by atoms with E-state index < -0.39 is 5.97 Å². The van der Waals surface area contributed by atoms with E-state index in [9.17, 15) is 14.7 Å². The zero-order valence-corrected chi connectivity index (χ0v) is 20.4. The molecule has 1 fully saturated rings. The highest BCUT2D eigenvalue weighted by atomic mass is 35.5. The largest absolute Gasteiger partial charge is 0.478 e. The molecule has 1 aliphatic rings. The summed E-state index contributed by atoms with van der Waals surface area (Å²) in [5.41, 5.74) is 2.36. The second-order valence-electron chi connectivity index (χ2n) is 7.95. The molecule has 5 rings (SSSR count). The van der Waals surface area contributed by atoms with Crippen LogP contribution in [-0.4, -0.2) is 27.1 Å². The lowest BCUT2D eigenvalue weighted by Crippen LogP contribution is -2.28. The minimum Gasteiger partial charge on any atom is -0.478 e. The molecular weight excluding hydrogens is 496 g/mol. The first-order valence-electron chi connectivity index (χ1n) is 11.0. The van der Waals surface area contributed by atoms with Gasteiger partial charge in [-0.15, -0.1) is 0 Å². The number of benzene rings is 3. The van der Waals surface area contributed by atoms with Crippen LogP contribution in [-0.2, 0) is 11.3 Å². The van der Waals surface area contributed by atoms with E-state index in [0.29, 0.717) is 38.8 Å². The molecule has 3 aromatic carbocycles. The number of rotatable bonds is 6. The van der Waals surface area contributed by atoms with Gasteiger partial charge in [0.1, 0.15) is 11.5 Å². The summed E-state index contributed by atoms with van der Waals surface area (Å²) in [5, 5.41) is 10.4. The number of carbonyl (C=O) groups excluding carboxylic acids is 1. The van der Waals surface area contributed by atoms with Gasteiger partial charge in [-0.1, -0.05) is 60.1 Å². The minimum atomic E-state index is -1.04. The van der Waals surface area contributed by atoms with Crippen LogP contribution in [0.5, 0.6) is 0 Å². The first-order chi connectivity index (χ1) is 17.5. The zero-order chi connectivity index (χ0) is 25.1. The van der Waals surface area contributed by atoms with E-state index in [0.717, 1.165) is 11.1 Å². The first-order valence-corrected chi connectivity index (χ1v) is 12.2. The van der Waals surface area contributed by atoms with Crippen molar-refractivity contribution in [1.82, 2.24) is 4.90 Å². The molecule has 0 radical (unpaired) electrons. The molecule has 1 saturated heterocycles. The zero-order valence-electron chi connectivity index (χ0n) is 18.8. The topological polar surface area (TPSA) is 83.1 Å². The predicted molar refractivity (Wildman–Crippen MR) is 142 cm³/mol. The van der Waals surface area contributed by atoms with Crippen LogP contribution in [0.15, 0.2) is 105 Å². The summed E-state index contributed by atoms with van der Waals surface area (Å²) < 4.78 is 5.96. The van der Waals surface area contributed by atoms with Gasteiger partial charge in [-0.05, 0) is 59.8 Å². The van der Waals surface area contributed by atoms with Crippen LogP contribution in [0.1, 0.15) is 21.7 Å². The third kappa shape index (κ3) is 5.27. The summed E-state index contributed by atoms with van der Waals surface area (Å²) in [7, 11) is 0. The molecule has 1 N–H and O–H groups in total. The lowest BCUT2D eigenvalue weighted by atomic mass is 10.2. The molecule has 1 aliphatic heterocycles. The van der Waals surface area contributed by atoms with E-state index in [1.807, 2.05) is 54.6 Å². The monoisotopic (exact) mass is 514 g/mol. The first kappa shape index (κ1) is 23.7. The smallest absolute Gasteiger partial charge is 0.335 e. The van der Waals surface area contributed by atoms with E-state index in [4.69, 9.17) is 16.0 Å². The van der Waals surface area contributed by atoms with Gasteiger partial charge in [-0.3, -0.25) is 9.69 Å². The number of carbonyl (C=O) groups is 2. The van der Waals surface area contributed by atoms with E-state index in [2.05, 4.69) is 4.99 Å². The standard InChI is InChI=1S/C28H19ClN2O4S/c29-21-10-4-8-19(14-21)24-13-12-23(35-24)16-25-26(32)31(17-18-6-2-1-3-7-18)28(36-25)30-22-11-5-9-20(15-22)27(33)34/h1-16H,17H2,(H,33,34)/b25-16-,30-28?. The summed E-state index contributed by atoms with van der Waals surface area (Å²) in [4.78, 5) is 31.4. The molecule has 6 nitrogen and oxygen atoms in total. The molecule has 0 saturated carbocycles. The van der Waals surface area contributed by atoms with Crippen LogP contribution >= 0.6 is 23.4 Å². The number of furan rings is 1. The van der Waals surface area contributed by atoms with Gasteiger partial charge in [0.05, 0.1) is 22.7 Å². The molecule has 36 heavy (non-hydrogen) atoms. The van der Waals surface area contributed by atoms with Gasteiger partial charge < -0.3 is 9.52 Å². The lowest BCUT2D eigenvalue weighted by molar-refractivity contribution is -0.122. The molecule has 0 spiro atoms. The van der Waals surface area contributed by atoms with Gasteiger partial charge >= 0.3 is 5.97 Å². The molecular formula is C28H19ClN2O4S. The van der Waals surface area contributed by atoms with E-state index in [1.54, 1.807) is 35.2 Å². The molecule has 178 valence electrons. The van der Waals surface area contributed by atoms with Crippen molar-refractivity contribution in [3.63, 3.8) is 0 Å². The van der Waals surface area contributed by atoms with Crippen molar-refractivity contribution in [3.8, 4) is 11.3 Å². The summed E-state index contributed by atoms with van der Waals surface area (Å²) >= 11 is 7.31. The average Bonchev–Trinajstić information content (AvgIpc) is 3.46. The predicted octanol–water partition coefficient (Wildman–Crippen LogP) is 7.10. The van der Waals surface area contributed by atoms with Crippen LogP contribution in [0, 0.1) is 0 Å². The number of aliphatic imine (C=N–C) groups is 1. The molecule has 0 bridgehead atoms. The van der Waals surface area contributed by atoms with Crippen LogP contribution in [0.3, 0.4) is 0 Å². The Morgan fingerprint density at radius 3 is 2.58 bits per heavy atom. The fourth-order valence-electron chi connectivity index (χ4n) is 3.67. The fraction of sp³-hybridized carbons (Fsp3) is 0.0357. The van der Waals surface area contributed by atoms with Crippen molar-refractivity contribution in [3.05, 3.63) is 118 Å². The third-order valence-corrected chi connectivity index (χ3v) is 6.64. The molecule has 2 heterocycles. The Balaban J connectivity index is 1.48. The van der Waals surface area contributed by atoms with Crippen LogP contribution in [0.2, 0.25) is 5.02 Å². The highest BCUT2D eigenvalue weighted by Crippen LogP contribution is 2.36. The summed E-state index contributed by atoms with van der Waals surface area (Å²) in [6.07, 6.45) is 1.69. The van der Waals surface area contributed by atoms with Crippen LogP contribution < -0.4 is 0 Å². The Morgan fingerprint density at radius 2 is 1.81 bits per heavy atom. The van der Waals surface area contributed by atoms with E-state index in [-0.39, 0.29) is 11.5 Å². The number of nitrogens with zero attached hydrogens (tertiary/aromatic N) is 2. The lowest BCUT2D eigenvalue weighted by Gasteiger charge is -2.15. The third-order valence-electron chi connectivity index (χ3n) is 5.40. The molecule has 8 heteroatoms.